The molecule has 2 aliphatic carbocycles. The first-order valence-electron chi connectivity index (χ1n) is 8.57. The molecule has 0 N–H and O–H groups in total. The summed E-state index contributed by atoms with van der Waals surface area (Å²) in [5.74, 6) is 0.420. The maximum Gasteiger partial charge on any atom is 0.0149 e. The van der Waals surface area contributed by atoms with E-state index in [-0.39, 0.29) is 0 Å². The number of hydrogen-bond acceptors (Lipinski definition) is 0. The summed E-state index contributed by atoms with van der Waals surface area (Å²) in [5.41, 5.74) is 6.94. The average molecular weight is 303 g/mol. The standard InChI is InChI=1S/C24H15/c1-5-15-7-3-11-19-21(13-17(9-1)23(15)19)22-14-18-10-2-6-16-8-4-12-20(22)24(16)18/h1-12,21H,13H2. The van der Waals surface area contributed by atoms with Crippen LogP contribution in [-0.4, -0.2) is 0 Å². The van der Waals surface area contributed by atoms with E-state index >= 15 is 0 Å². The van der Waals surface area contributed by atoms with E-state index in [1.807, 2.05) is 0 Å². The van der Waals surface area contributed by atoms with Gasteiger partial charge in [0.05, 0.1) is 0 Å². The van der Waals surface area contributed by atoms with Crippen LogP contribution in [0.15, 0.2) is 72.8 Å². The van der Waals surface area contributed by atoms with Crippen LogP contribution in [0.5, 0.6) is 0 Å². The molecule has 6 rings (SSSR count). The fourth-order valence-corrected chi connectivity index (χ4v) is 4.65. The van der Waals surface area contributed by atoms with Crippen LogP contribution in [0.25, 0.3) is 27.1 Å². The van der Waals surface area contributed by atoms with E-state index in [0.717, 1.165) is 6.42 Å². The quantitative estimate of drug-likeness (QED) is 0.412. The van der Waals surface area contributed by atoms with Crippen LogP contribution in [0, 0.1) is 6.08 Å². The maximum absolute atomic E-state index is 3.74. The number of hydrogen-bond donors (Lipinski definition) is 0. The molecule has 4 aromatic rings. The van der Waals surface area contributed by atoms with Gasteiger partial charge < -0.3 is 0 Å². The number of benzene rings is 4. The largest absolute Gasteiger partial charge is 0.0614 e. The highest BCUT2D eigenvalue weighted by Gasteiger charge is 2.31. The molecule has 2 aliphatic rings. The van der Waals surface area contributed by atoms with Crippen molar-refractivity contribution in [3.05, 3.63) is 101 Å². The summed E-state index contributed by atoms with van der Waals surface area (Å²) in [6, 6.07) is 26.6. The molecule has 1 radical (unpaired) electrons. The molecule has 0 spiro atoms. The van der Waals surface area contributed by atoms with Gasteiger partial charge in [0, 0.05) is 5.92 Å². The zero-order chi connectivity index (χ0) is 15.7. The Morgan fingerprint density at radius 3 is 2.29 bits per heavy atom. The van der Waals surface area contributed by atoms with Crippen LogP contribution in [0.4, 0.5) is 0 Å². The van der Waals surface area contributed by atoms with Gasteiger partial charge in [-0.15, -0.1) is 0 Å². The molecule has 111 valence electrons. The highest BCUT2D eigenvalue weighted by molar-refractivity contribution is 6.04. The SMILES string of the molecule is [C]1=C(C2Cc3cccc4cccc2c34)c2cccc3cccc1c23. The molecular formula is C24H15. The molecule has 0 nitrogen and oxygen atoms in total. The summed E-state index contributed by atoms with van der Waals surface area (Å²) >= 11 is 0. The van der Waals surface area contributed by atoms with Crippen molar-refractivity contribution in [3.8, 4) is 0 Å². The maximum atomic E-state index is 3.74. The predicted octanol–water partition coefficient (Wildman–Crippen LogP) is 5.88. The minimum absolute atomic E-state index is 0.420. The van der Waals surface area contributed by atoms with Gasteiger partial charge in [0.15, 0.2) is 0 Å². The number of allylic oxidation sites excluding steroid dienone is 1. The van der Waals surface area contributed by atoms with Crippen LogP contribution in [-0.2, 0) is 6.42 Å². The Bertz CT molecular complexity index is 1170. The van der Waals surface area contributed by atoms with Crippen molar-refractivity contribution < 1.29 is 0 Å². The van der Waals surface area contributed by atoms with Crippen LogP contribution < -0.4 is 0 Å². The first-order valence-corrected chi connectivity index (χ1v) is 8.57. The lowest BCUT2D eigenvalue weighted by molar-refractivity contribution is 0.904. The third-order valence-electron chi connectivity index (χ3n) is 5.64. The molecule has 1 atom stereocenters. The second-order valence-corrected chi connectivity index (χ2v) is 6.87. The topological polar surface area (TPSA) is 0 Å². The fraction of sp³-hybridized carbons (Fsp3) is 0.0833. The second kappa shape index (κ2) is 4.36. The summed E-state index contributed by atoms with van der Waals surface area (Å²) in [4.78, 5) is 0. The van der Waals surface area contributed by atoms with Crippen molar-refractivity contribution in [2.24, 2.45) is 0 Å². The van der Waals surface area contributed by atoms with E-state index in [1.165, 1.54) is 49.4 Å². The average Bonchev–Trinajstić information content (AvgIpc) is 3.18. The zero-order valence-corrected chi connectivity index (χ0v) is 13.2. The minimum Gasteiger partial charge on any atom is -0.0614 e. The summed E-state index contributed by atoms with van der Waals surface area (Å²) in [5, 5.41) is 5.52. The minimum atomic E-state index is 0.420. The van der Waals surface area contributed by atoms with Gasteiger partial charge in [-0.05, 0) is 61.9 Å². The third-order valence-corrected chi connectivity index (χ3v) is 5.64. The van der Waals surface area contributed by atoms with Gasteiger partial charge in [0.1, 0.15) is 0 Å². The van der Waals surface area contributed by atoms with Gasteiger partial charge in [0.25, 0.3) is 0 Å². The van der Waals surface area contributed by atoms with Crippen molar-refractivity contribution in [1.82, 2.24) is 0 Å². The molecule has 0 bridgehead atoms. The molecule has 0 aromatic heterocycles. The van der Waals surface area contributed by atoms with Crippen LogP contribution >= 0.6 is 0 Å². The number of rotatable bonds is 1. The van der Waals surface area contributed by atoms with Gasteiger partial charge in [-0.3, -0.25) is 0 Å². The van der Waals surface area contributed by atoms with Crippen molar-refractivity contribution in [2.45, 2.75) is 12.3 Å². The van der Waals surface area contributed by atoms with E-state index in [1.54, 1.807) is 0 Å². The summed E-state index contributed by atoms with van der Waals surface area (Å²) in [6.45, 7) is 0. The van der Waals surface area contributed by atoms with E-state index in [2.05, 4.69) is 78.9 Å². The highest BCUT2D eigenvalue weighted by Crippen LogP contribution is 2.49. The Balaban J connectivity index is 1.61. The molecule has 24 heavy (non-hydrogen) atoms. The Morgan fingerprint density at radius 1 is 0.708 bits per heavy atom. The van der Waals surface area contributed by atoms with Crippen molar-refractivity contribution in [1.29, 1.82) is 0 Å². The Morgan fingerprint density at radius 2 is 1.42 bits per heavy atom. The lowest BCUT2D eigenvalue weighted by atomic mass is 9.88. The molecule has 0 fully saturated rings. The monoisotopic (exact) mass is 303 g/mol. The molecule has 0 amide bonds. The van der Waals surface area contributed by atoms with Crippen molar-refractivity contribution >= 4 is 27.1 Å². The Kier molecular flexibility index (Phi) is 2.28. The second-order valence-electron chi connectivity index (χ2n) is 6.87. The molecule has 0 saturated carbocycles. The molecule has 0 heterocycles. The van der Waals surface area contributed by atoms with Crippen molar-refractivity contribution in [2.75, 3.05) is 0 Å². The zero-order valence-electron chi connectivity index (χ0n) is 13.2. The van der Waals surface area contributed by atoms with Crippen LogP contribution in [0.1, 0.15) is 28.2 Å². The summed E-state index contributed by atoms with van der Waals surface area (Å²) < 4.78 is 0. The summed E-state index contributed by atoms with van der Waals surface area (Å²) in [7, 11) is 0. The van der Waals surface area contributed by atoms with Gasteiger partial charge >= 0.3 is 0 Å². The smallest absolute Gasteiger partial charge is 0.0149 e. The third kappa shape index (κ3) is 1.48. The normalized spacial score (nSPS) is 17.7. The first-order chi connectivity index (χ1) is 11.9. The first kappa shape index (κ1) is 12.5. The molecule has 1 unspecified atom stereocenters. The molecular weight excluding hydrogens is 288 g/mol. The van der Waals surface area contributed by atoms with Gasteiger partial charge in [-0.2, -0.15) is 0 Å². The predicted molar refractivity (Wildman–Crippen MR) is 100 cm³/mol. The van der Waals surface area contributed by atoms with Gasteiger partial charge in [-0.1, -0.05) is 72.8 Å². The lowest BCUT2D eigenvalue weighted by Gasteiger charge is -2.15. The molecule has 0 aliphatic heterocycles. The van der Waals surface area contributed by atoms with Gasteiger partial charge in [0.2, 0.25) is 0 Å². The Labute approximate surface area is 141 Å². The van der Waals surface area contributed by atoms with Crippen molar-refractivity contribution in [3.63, 3.8) is 0 Å². The van der Waals surface area contributed by atoms with Crippen LogP contribution in [0.2, 0.25) is 0 Å². The highest BCUT2D eigenvalue weighted by atomic mass is 14.3. The molecule has 4 aromatic carbocycles. The Hall–Kier alpha value is -2.86. The van der Waals surface area contributed by atoms with E-state index in [4.69, 9.17) is 0 Å². The van der Waals surface area contributed by atoms with Crippen LogP contribution in [0.3, 0.4) is 0 Å². The van der Waals surface area contributed by atoms with E-state index < -0.39 is 0 Å². The fourth-order valence-electron chi connectivity index (χ4n) is 4.65. The van der Waals surface area contributed by atoms with E-state index in [9.17, 15) is 0 Å². The lowest BCUT2D eigenvalue weighted by Crippen LogP contribution is -1.99. The molecule has 0 saturated heterocycles. The summed E-state index contributed by atoms with van der Waals surface area (Å²) in [6.07, 6.45) is 4.83. The molecule has 0 heteroatoms. The van der Waals surface area contributed by atoms with E-state index in [0.29, 0.717) is 5.92 Å². The van der Waals surface area contributed by atoms with Gasteiger partial charge in [-0.25, -0.2) is 0 Å².